The minimum atomic E-state index is -4.45. The molecule has 2 aromatic rings. The standard InChI is InChI=1S/C19H18ClF3N2O2/c1-13(26)25(12-15-4-2-3-5-17(15)20)11-10-24-18(27)14-6-8-16(9-7-14)19(21,22)23/h2-9H,10-12H2,1H3,(H,24,27). The Morgan fingerprint density at radius 1 is 1.07 bits per heavy atom. The van der Waals surface area contributed by atoms with Gasteiger partial charge in [0.05, 0.1) is 5.56 Å². The first-order valence-electron chi connectivity index (χ1n) is 8.13. The molecule has 0 aliphatic heterocycles. The number of carbonyl (C=O) groups is 2. The van der Waals surface area contributed by atoms with Crippen LogP contribution in [0.2, 0.25) is 5.02 Å². The van der Waals surface area contributed by atoms with Crippen LogP contribution in [-0.2, 0) is 17.5 Å². The van der Waals surface area contributed by atoms with Crippen LogP contribution in [0.5, 0.6) is 0 Å². The second-order valence-corrected chi connectivity index (χ2v) is 6.27. The summed E-state index contributed by atoms with van der Waals surface area (Å²) < 4.78 is 37.6. The molecular formula is C19H18ClF3N2O2. The molecular weight excluding hydrogens is 381 g/mol. The van der Waals surface area contributed by atoms with Crippen LogP contribution in [0.25, 0.3) is 0 Å². The van der Waals surface area contributed by atoms with Gasteiger partial charge in [-0.15, -0.1) is 0 Å². The molecule has 0 atom stereocenters. The van der Waals surface area contributed by atoms with E-state index in [9.17, 15) is 22.8 Å². The van der Waals surface area contributed by atoms with Crippen molar-refractivity contribution in [3.8, 4) is 0 Å². The molecule has 0 bridgehead atoms. The number of rotatable bonds is 6. The predicted molar refractivity (Wildman–Crippen MR) is 96.3 cm³/mol. The molecule has 2 aromatic carbocycles. The summed E-state index contributed by atoms with van der Waals surface area (Å²) in [6, 6.07) is 11.1. The first kappa shape index (κ1) is 20.8. The smallest absolute Gasteiger partial charge is 0.350 e. The molecule has 8 heteroatoms. The van der Waals surface area contributed by atoms with Crippen molar-refractivity contribution in [1.82, 2.24) is 10.2 Å². The first-order chi connectivity index (χ1) is 12.7. The SMILES string of the molecule is CC(=O)N(CCNC(=O)c1ccc(C(F)(F)F)cc1)Cc1ccccc1Cl. The van der Waals surface area contributed by atoms with Crippen LogP contribution in [0.4, 0.5) is 13.2 Å². The van der Waals surface area contributed by atoms with Crippen molar-refractivity contribution in [3.05, 3.63) is 70.2 Å². The highest BCUT2D eigenvalue weighted by molar-refractivity contribution is 6.31. The van der Waals surface area contributed by atoms with E-state index in [1.54, 1.807) is 18.2 Å². The fourth-order valence-electron chi connectivity index (χ4n) is 2.40. The molecule has 2 rings (SSSR count). The molecule has 0 aliphatic rings. The molecule has 0 aliphatic carbocycles. The lowest BCUT2D eigenvalue weighted by atomic mass is 10.1. The zero-order chi connectivity index (χ0) is 20.0. The zero-order valence-corrected chi connectivity index (χ0v) is 15.3. The molecule has 0 aromatic heterocycles. The van der Waals surface area contributed by atoms with Gasteiger partial charge in [0.1, 0.15) is 0 Å². The number of hydrogen-bond donors (Lipinski definition) is 1. The number of amides is 2. The van der Waals surface area contributed by atoms with E-state index in [0.29, 0.717) is 11.6 Å². The van der Waals surface area contributed by atoms with Crippen molar-refractivity contribution >= 4 is 23.4 Å². The fraction of sp³-hybridized carbons (Fsp3) is 0.263. The number of alkyl halides is 3. The molecule has 0 saturated carbocycles. The summed E-state index contributed by atoms with van der Waals surface area (Å²) in [5.74, 6) is -0.691. The molecule has 1 N–H and O–H groups in total. The molecule has 0 unspecified atom stereocenters. The van der Waals surface area contributed by atoms with Gasteiger partial charge >= 0.3 is 6.18 Å². The van der Waals surface area contributed by atoms with Crippen molar-refractivity contribution in [2.75, 3.05) is 13.1 Å². The molecule has 0 fully saturated rings. The third kappa shape index (κ3) is 5.99. The summed E-state index contributed by atoms with van der Waals surface area (Å²) in [6.45, 7) is 2.11. The average molecular weight is 399 g/mol. The summed E-state index contributed by atoms with van der Waals surface area (Å²) >= 11 is 6.09. The van der Waals surface area contributed by atoms with Gasteiger partial charge in [-0.1, -0.05) is 29.8 Å². The first-order valence-corrected chi connectivity index (χ1v) is 8.50. The van der Waals surface area contributed by atoms with Crippen molar-refractivity contribution in [3.63, 3.8) is 0 Å². The molecule has 0 spiro atoms. The molecule has 4 nitrogen and oxygen atoms in total. The minimum absolute atomic E-state index is 0.114. The Morgan fingerprint density at radius 3 is 2.26 bits per heavy atom. The van der Waals surface area contributed by atoms with E-state index in [1.165, 1.54) is 11.8 Å². The van der Waals surface area contributed by atoms with Gasteiger partial charge in [-0.05, 0) is 35.9 Å². The maximum Gasteiger partial charge on any atom is 0.416 e. The monoisotopic (exact) mass is 398 g/mol. The Labute approximate surface area is 159 Å². The van der Waals surface area contributed by atoms with Gasteiger partial charge in [-0.3, -0.25) is 9.59 Å². The number of halogens is 4. The van der Waals surface area contributed by atoms with E-state index in [4.69, 9.17) is 11.6 Å². The number of carbonyl (C=O) groups excluding carboxylic acids is 2. The quantitative estimate of drug-likeness (QED) is 0.795. The largest absolute Gasteiger partial charge is 0.416 e. The number of nitrogens with one attached hydrogen (secondary N) is 1. The Bertz CT molecular complexity index is 807. The van der Waals surface area contributed by atoms with Crippen LogP contribution in [-0.4, -0.2) is 29.8 Å². The molecule has 0 radical (unpaired) electrons. The summed E-state index contributed by atoms with van der Waals surface area (Å²) in [5, 5.41) is 3.14. The Morgan fingerprint density at radius 2 is 1.70 bits per heavy atom. The van der Waals surface area contributed by atoms with Crippen molar-refractivity contribution < 1.29 is 22.8 Å². The number of benzene rings is 2. The highest BCUT2D eigenvalue weighted by Gasteiger charge is 2.30. The van der Waals surface area contributed by atoms with Crippen molar-refractivity contribution in [1.29, 1.82) is 0 Å². The maximum absolute atomic E-state index is 12.5. The second-order valence-electron chi connectivity index (χ2n) is 5.86. The third-order valence-corrected chi connectivity index (χ3v) is 4.27. The predicted octanol–water partition coefficient (Wildman–Crippen LogP) is 4.14. The summed E-state index contributed by atoms with van der Waals surface area (Å²) in [6.07, 6.45) is -4.45. The van der Waals surface area contributed by atoms with Gasteiger partial charge < -0.3 is 10.2 Å². The zero-order valence-electron chi connectivity index (χ0n) is 14.5. The second kappa shape index (κ2) is 8.90. The topological polar surface area (TPSA) is 49.4 Å². The number of nitrogens with zero attached hydrogens (tertiary/aromatic N) is 1. The summed E-state index contributed by atoms with van der Waals surface area (Å²) in [7, 11) is 0. The maximum atomic E-state index is 12.5. The summed E-state index contributed by atoms with van der Waals surface area (Å²) in [5.41, 5.74) is 0.0773. The fourth-order valence-corrected chi connectivity index (χ4v) is 2.59. The average Bonchev–Trinajstić information content (AvgIpc) is 2.61. The van der Waals surface area contributed by atoms with E-state index in [-0.39, 0.29) is 24.6 Å². The van der Waals surface area contributed by atoms with Crippen molar-refractivity contribution in [2.45, 2.75) is 19.6 Å². The van der Waals surface area contributed by atoms with Crippen LogP contribution in [0, 0.1) is 0 Å². The molecule has 27 heavy (non-hydrogen) atoms. The van der Waals surface area contributed by atoms with E-state index in [0.717, 1.165) is 29.8 Å². The molecule has 144 valence electrons. The lowest BCUT2D eigenvalue weighted by Crippen LogP contribution is -2.37. The van der Waals surface area contributed by atoms with Crippen LogP contribution < -0.4 is 5.32 Å². The van der Waals surface area contributed by atoms with E-state index < -0.39 is 17.6 Å². The highest BCUT2D eigenvalue weighted by Crippen LogP contribution is 2.29. The Balaban J connectivity index is 1.91. The van der Waals surface area contributed by atoms with Crippen molar-refractivity contribution in [2.24, 2.45) is 0 Å². The lowest BCUT2D eigenvalue weighted by molar-refractivity contribution is -0.137. The summed E-state index contributed by atoms with van der Waals surface area (Å²) in [4.78, 5) is 25.4. The normalized spacial score (nSPS) is 11.1. The molecule has 0 saturated heterocycles. The Hall–Kier alpha value is -2.54. The van der Waals surface area contributed by atoms with Gasteiger partial charge in [-0.25, -0.2) is 0 Å². The van der Waals surface area contributed by atoms with E-state index in [2.05, 4.69) is 5.32 Å². The third-order valence-electron chi connectivity index (χ3n) is 3.91. The lowest BCUT2D eigenvalue weighted by Gasteiger charge is -2.22. The van der Waals surface area contributed by atoms with Gasteiger partial charge in [0, 0.05) is 37.1 Å². The van der Waals surface area contributed by atoms with E-state index in [1.807, 2.05) is 6.07 Å². The highest BCUT2D eigenvalue weighted by atomic mass is 35.5. The van der Waals surface area contributed by atoms with Gasteiger partial charge in [0.2, 0.25) is 5.91 Å². The van der Waals surface area contributed by atoms with E-state index >= 15 is 0 Å². The van der Waals surface area contributed by atoms with Crippen LogP contribution in [0.3, 0.4) is 0 Å². The van der Waals surface area contributed by atoms with Gasteiger partial charge in [0.15, 0.2) is 0 Å². The van der Waals surface area contributed by atoms with Crippen LogP contribution in [0.1, 0.15) is 28.4 Å². The Kier molecular flexibility index (Phi) is 6.85. The number of hydrogen-bond acceptors (Lipinski definition) is 2. The molecule has 2 amide bonds. The van der Waals surface area contributed by atoms with Crippen LogP contribution in [0.15, 0.2) is 48.5 Å². The van der Waals surface area contributed by atoms with Gasteiger partial charge in [-0.2, -0.15) is 13.2 Å². The molecule has 0 heterocycles. The minimum Gasteiger partial charge on any atom is -0.350 e. The van der Waals surface area contributed by atoms with Gasteiger partial charge in [0.25, 0.3) is 5.91 Å². The van der Waals surface area contributed by atoms with Crippen LogP contribution >= 0.6 is 11.6 Å².